The highest BCUT2D eigenvalue weighted by Gasteiger charge is 2.32. The fourth-order valence-corrected chi connectivity index (χ4v) is 4.66. The monoisotopic (exact) mass is 486 g/mol. The van der Waals surface area contributed by atoms with Crippen LogP contribution in [0.4, 0.5) is 0 Å². The van der Waals surface area contributed by atoms with E-state index < -0.39 is 6.04 Å². The number of carbonyl (C=O) groups is 2. The summed E-state index contributed by atoms with van der Waals surface area (Å²) in [6.45, 7) is 0.111. The quantitative estimate of drug-likeness (QED) is 0.424. The van der Waals surface area contributed by atoms with Gasteiger partial charge < -0.3 is 19.7 Å². The average Bonchev–Trinajstić information content (AvgIpc) is 3.43. The van der Waals surface area contributed by atoms with E-state index >= 15 is 0 Å². The molecule has 0 spiro atoms. The SMILES string of the molecule is COc1ccccc1OCC(=O)N(Cc1ccccc1)[C@@H](Cc1ccccc1)C(=O)NC1CCCC1. The zero-order chi connectivity index (χ0) is 25.2. The van der Waals surface area contributed by atoms with Crippen LogP contribution in [-0.4, -0.2) is 42.5 Å². The maximum absolute atomic E-state index is 13.7. The molecule has 0 aliphatic heterocycles. The molecule has 188 valence electrons. The molecule has 2 amide bonds. The van der Waals surface area contributed by atoms with Crippen molar-refractivity contribution in [2.75, 3.05) is 13.7 Å². The number of nitrogens with zero attached hydrogens (tertiary/aromatic N) is 1. The van der Waals surface area contributed by atoms with E-state index in [0.29, 0.717) is 24.5 Å². The van der Waals surface area contributed by atoms with Crippen LogP contribution in [0.3, 0.4) is 0 Å². The molecule has 0 unspecified atom stereocenters. The van der Waals surface area contributed by atoms with Gasteiger partial charge in [0, 0.05) is 19.0 Å². The van der Waals surface area contributed by atoms with Gasteiger partial charge in [-0.15, -0.1) is 0 Å². The summed E-state index contributed by atoms with van der Waals surface area (Å²) in [5, 5.41) is 3.22. The Morgan fingerprint density at radius 1 is 0.861 bits per heavy atom. The van der Waals surface area contributed by atoms with Gasteiger partial charge in [-0.05, 0) is 36.1 Å². The van der Waals surface area contributed by atoms with Crippen molar-refractivity contribution in [1.29, 1.82) is 0 Å². The number of hydrogen-bond donors (Lipinski definition) is 1. The topological polar surface area (TPSA) is 67.9 Å². The van der Waals surface area contributed by atoms with Crippen LogP contribution < -0.4 is 14.8 Å². The Kier molecular flexibility index (Phi) is 8.98. The number of nitrogens with one attached hydrogen (secondary N) is 1. The molecule has 3 aromatic rings. The molecule has 0 saturated heterocycles. The van der Waals surface area contributed by atoms with Crippen molar-refractivity contribution in [1.82, 2.24) is 10.2 Å². The molecule has 0 bridgehead atoms. The summed E-state index contributed by atoms with van der Waals surface area (Å²) in [6, 6.07) is 26.3. The number of hydrogen-bond acceptors (Lipinski definition) is 4. The average molecular weight is 487 g/mol. The third-order valence-corrected chi connectivity index (χ3v) is 6.59. The predicted molar refractivity (Wildman–Crippen MR) is 140 cm³/mol. The van der Waals surface area contributed by atoms with E-state index in [-0.39, 0.29) is 24.5 Å². The van der Waals surface area contributed by atoms with Gasteiger partial charge in [-0.25, -0.2) is 0 Å². The Hall–Kier alpha value is -3.80. The molecular formula is C30H34N2O4. The zero-order valence-electron chi connectivity index (χ0n) is 20.8. The number of rotatable bonds is 11. The van der Waals surface area contributed by atoms with Crippen molar-refractivity contribution in [3.63, 3.8) is 0 Å². The summed E-state index contributed by atoms with van der Waals surface area (Å²) in [5.41, 5.74) is 1.95. The summed E-state index contributed by atoms with van der Waals surface area (Å²) >= 11 is 0. The van der Waals surface area contributed by atoms with E-state index in [1.165, 1.54) is 0 Å². The highest BCUT2D eigenvalue weighted by Crippen LogP contribution is 2.26. The molecule has 0 aromatic heterocycles. The molecule has 3 aromatic carbocycles. The minimum Gasteiger partial charge on any atom is -0.493 e. The first kappa shape index (κ1) is 25.3. The molecule has 0 heterocycles. The van der Waals surface area contributed by atoms with E-state index in [0.717, 1.165) is 36.8 Å². The molecule has 36 heavy (non-hydrogen) atoms. The van der Waals surface area contributed by atoms with E-state index in [1.807, 2.05) is 72.8 Å². The summed E-state index contributed by atoms with van der Waals surface area (Å²) in [7, 11) is 1.56. The Morgan fingerprint density at radius 2 is 1.44 bits per heavy atom. The maximum Gasteiger partial charge on any atom is 0.261 e. The smallest absolute Gasteiger partial charge is 0.261 e. The summed E-state index contributed by atoms with van der Waals surface area (Å²) in [6.07, 6.45) is 4.62. The molecule has 1 atom stereocenters. The number of benzene rings is 3. The van der Waals surface area contributed by atoms with Crippen molar-refractivity contribution >= 4 is 11.8 Å². The van der Waals surface area contributed by atoms with Gasteiger partial charge in [0.2, 0.25) is 5.91 Å². The second-order valence-electron chi connectivity index (χ2n) is 9.14. The van der Waals surface area contributed by atoms with E-state index in [4.69, 9.17) is 9.47 Å². The van der Waals surface area contributed by atoms with E-state index in [2.05, 4.69) is 5.32 Å². The van der Waals surface area contributed by atoms with Crippen LogP contribution in [0.5, 0.6) is 11.5 Å². The van der Waals surface area contributed by atoms with Crippen LogP contribution >= 0.6 is 0 Å². The number of ether oxygens (including phenoxy) is 2. The van der Waals surface area contributed by atoms with Crippen LogP contribution in [0.1, 0.15) is 36.8 Å². The van der Waals surface area contributed by atoms with Crippen molar-refractivity contribution in [2.45, 2.75) is 50.7 Å². The lowest BCUT2D eigenvalue weighted by atomic mass is 10.0. The molecule has 4 rings (SSSR count). The second kappa shape index (κ2) is 12.8. The first-order valence-corrected chi connectivity index (χ1v) is 12.6. The van der Waals surface area contributed by atoms with Gasteiger partial charge in [-0.1, -0.05) is 85.6 Å². The van der Waals surface area contributed by atoms with Crippen LogP contribution in [0.15, 0.2) is 84.9 Å². The fraction of sp³-hybridized carbons (Fsp3) is 0.333. The Bertz CT molecular complexity index is 1110. The fourth-order valence-electron chi connectivity index (χ4n) is 4.66. The summed E-state index contributed by atoms with van der Waals surface area (Å²) < 4.78 is 11.2. The van der Waals surface area contributed by atoms with Gasteiger partial charge in [0.25, 0.3) is 5.91 Å². The number of carbonyl (C=O) groups excluding carboxylic acids is 2. The molecule has 6 heteroatoms. The third kappa shape index (κ3) is 6.87. The predicted octanol–water partition coefficient (Wildman–Crippen LogP) is 4.77. The van der Waals surface area contributed by atoms with Crippen LogP contribution in [0.25, 0.3) is 0 Å². The normalized spacial score (nSPS) is 14.1. The van der Waals surface area contributed by atoms with Crippen molar-refractivity contribution in [2.24, 2.45) is 0 Å². The van der Waals surface area contributed by atoms with Crippen molar-refractivity contribution < 1.29 is 19.1 Å². The molecule has 1 saturated carbocycles. The molecule has 1 aliphatic carbocycles. The van der Waals surface area contributed by atoms with Gasteiger partial charge >= 0.3 is 0 Å². The molecule has 0 radical (unpaired) electrons. The minimum atomic E-state index is -0.665. The highest BCUT2D eigenvalue weighted by atomic mass is 16.5. The highest BCUT2D eigenvalue weighted by molar-refractivity contribution is 5.88. The van der Waals surface area contributed by atoms with Crippen LogP contribution in [-0.2, 0) is 22.6 Å². The lowest BCUT2D eigenvalue weighted by Crippen LogP contribution is -2.53. The third-order valence-electron chi connectivity index (χ3n) is 6.59. The van der Waals surface area contributed by atoms with Crippen molar-refractivity contribution in [3.05, 3.63) is 96.1 Å². The first-order valence-electron chi connectivity index (χ1n) is 12.6. The van der Waals surface area contributed by atoms with Crippen molar-refractivity contribution in [3.8, 4) is 11.5 Å². The van der Waals surface area contributed by atoms with Gasteiger partial charge in [0.1, 0.15) is 6.04 Å². The number of para-hydroxylation sites is 2. The maximum atomic E-state index is 13.7. The largest absolute Gasteiger partial charge is 0.493 e. The van der Waals surface area contributed by atoms with Gasteiger partial charge in [0.15, 0.2) is 18.1 Å². The molecule has 1 fully saturated rings. The Labute approximate surface area is 213 Å². The standard InChI is InChI=1S/C30H34N2O4/c1-35-27-18-10-11-19-28(27)36-22-29(33)32(21-24-14-6-3-7-15-24)26(20-23-12-4-2-5-13-23)30(34)31-25-16-8-9-17-25/h2-7,10-15,18-19,25-26H,8-9,16-17,20-22H2,1H3,(H,31,34)/t26-/m0/s1. The number of amides is 2. The second-order valence-corrected chi connectivity index (χ2v) is 9.14. The lowest BCUT2D eigenvalue weighted by molar-refractivity contribution is -0.143. The zero-order valence-corrected chi connectivity index (χ0v) is 20.8. The first-order chi connectivity index (χ1) is 17.6. The van der Waals surface area contributed by atoms with E-state index in [1.54, 1.807) is 24.1 Å². The van der Waals surface area contributed by atoms with E-state index in [9.17, 15) is 9.59 Å². The number of methoxy groups -OCH3 is 1. The van der Waals surface area contributed by atoms with Gasteiger partial charge in [-0.3, -0.25) is 9.59 Å². The van der Waals surface area contributed by atoms with Crippen LogP contribution in [0, 0.1) is 0 Å². The molecular weight excluding hydrogens is 452 g/mol. The Morgan fingerprint density at radius 3 is 2.08 bits per heavy atom. The van der Waals surface area contributed by atoms with Gasteiger partial charge in [-0.2, -0.15) is 0 Å². The molecule has 6 nitrogen and oxygen atoms in total. The Balaban J connectivity index is 1.60. The summed E-state index contributed by atoms with van der Waals surface area (Å²) in [4.78, 5) is 29.0. The molecule has 1 aliphatic rings. The molecule has 1 N–H and O–H groups in total. The lowest BCUT2D eigenvalue weighted by Gasteiger charge is -2.32. The van der Waals surface area contributed by atoms with Crippen LogP contribution in [0.2, 0.25) is 0 Å². The van der Waals surface area contributed by atoms with Gasteiger partial charge in [0.05, 0.1) is 7.11 Å². The summed E-state index contributed by atoms with van der Waals surface area (Å²) in [5.74, 6) is 0.669. The minimum absolute atomic E-state index is 0.118.